The predicted molar refractivity (Wildman–Crippen MR) is 75.4 cm³/mol. The van der Waals surface area contributed by atoms with Gasteiger partial charge in [-0.1, -0.05) is 12.1 Å². The Balaban J connectivity index is 2.29. The van der Waals surface area contributed by atoms with Crippen LogP contribution in [0.3, 0.4) is 0 Å². The molecule has 0 bridgehead atoms. The van der Waals surface area contributed by atoms with Gasteiger partial charge in [0.25, 0.3) is 0 Å². The molecule has 0 saturated carbocycles. The standard InChI is InChI=1S/C14H18O4S/c1-18-14(17)12-6-4-5-11(9-12)10-19-8-3-2-7-13(15)16/h4-6,9H,2-3,7-8,10H2,1H3,(H,15,16). The number of unbranched alkanes of at least 4 members (excludes halogenated alkanes) is 1. The molecule has 0 saturated heterocycles. The van der Waals surface area contributed by atoms with E-state index in [2.05, 4.69) is 4.74 Å². The van der Waals surface area contributed by atoms with Gasteiger partial charge in [0.1, 0.15) is 0 Å². The monoisotopic (exact) mass is 282 g/mol. The molecule has 0 aliphatic carbocycles. The Labute approximate surface area is 117 Å². The number of carbonyl (C=O) groups excluding carboxylic acids is 1. The number of hydrogen-bond donors (Lipinski definition) is 1. The number of carbonyl (C=O) groups is 2. The molecule has 0 radical (unpaired) electrons. The molecule has 1 N–H and O–H groups in total. The number of benzene rings is 1. The van der Waals surface area contributed by atoms with E-state index in [9.17, 15) is 9.59 Å². The van der Waals surface area contributed by atoms with Gasteiger partial charge in [0.15, 0.2) is 0 Å². The molecular weight excluding hydrogens is 264 g/mol. The average molecular weight is 282 g/mol. The molecular formula is C14H18O4S. The number of aliphatic carboxylic acids is 1. The molecule has 5 heteroatoms. The average Bonchev–Trinajstić information content (AvgIpc) is 2.41. The van der Waals surface area contributed by atoms with Crippen molar-refractivity contribution in [1.29, 1.82) is 0 Å². The van der Waals surface area contributed by atoms with Gasteiger partial charge in [-0.25, -0.2) is 4.79 Å². The molecule has 0 atom stereocenters. The summed E-state index contributed by atoms with van der Waals surface area (Å²) in [5, 5.41) is 8.50. The van der Waals surface area contributed by atoms with E-state index in [1.807, 2.05) is 18.2 Å². The predicted octanol–water partition coefficient (Wildman–Crippen LogP) is 2.96. The summed E-state index contributed by atoms with van der Waals surface area (Å²) in [6.45, 7) is 0. The first-order valence-corrected chi connectivity index (χ1v) is 7.25. The Morgan fingerprint density at radius 3 is 2.79 bits per heavy atom. The van der Waals surface area contributed by atoms with Gasteiger partial charge in [-0.3, -0.25) is 4.79 Å². The molecule has 1 aromatic rings. The zero-order chi connectivity index (χ0) is 14.1. The van der Waals surface area contributed by atoms with Crippen molar-refractivity contribution >= 4 is 23.7 Å². The largest absolute Gasteiger partial charge is 0.481 e. The second-order valence-electron chi connectivity index (χ2n) is 4.10. The highest BCUT2D eigenvalue weighted by Crippen LogP contribution is 2.16. The summed E-state index contributed by atoms with van der Waals surface area (Å²) in [4.78, 5) is 21.7. The summed E-state index contributed by atoms with van der Waals surface area (Å²) < 4.78 is 4.67. The summed E-state index contributed by atoms with van der Waals surface area (Å²) in [6, 6.07) is 7.37. The number of ether oxygens (including phenoxy) is 1. The Hall–Kier alpha value is -1.49. The molecule has 4 nitrogen and oxygen atoms in total. The van der Waals surface area contributed by atoms with E-state index in [-0.39, 0.29) is 12.4 Å². The Bertz CT molecular complexity index is 431. The van der Waals surface area contributed by atoms with Crippen LogP contribution in [0.25, 0.3) is 0 Å². The Morgan fingerprint density at radius 1 is 1.32 bits per heavy atom. The first-order chi connectivity index (χ1) is 9.13. The normalized spacial score (nSPS) is 10.2. The van der Waals surface area contributed by atoms with Crippen molar-refractivity contribution < 1.29 is 19.4 Å². The van der Waals surface area contributed by atoms with Crippen molar-refractivity contribution in [2.45, 2.75) is 25.0 Å². The summed E-state index contributed by atoms with van der Waals surface area (Å²) in [7, 11) is 1.37. The van der Waals surface area contributed by atoms with Crippen LogP contribution in [0.1, 0.15) is 35.2 Å². The van der Waals surface area contributed by atoms with Crippen LogP contribution in [0, 0.1) is 0 Å². The lowest BCUT2D eigenvalue weighted by atomic mass is 10.1. The molecule has 1 rings (SSSR count). The van der Waals surface area contributed by atoms with Crippen LogP contribution in [0.15, 0.2) is 24.3 Å². The zero-order valence-electron chi connectivity index (χ0n) is 10.9. The quantitative estimate of drug-likeness (QED) is 0.586. The molecule has 0 fully saturated rings. The highest BCUT2D eigenvalue weighted by atomic mass is 32.2. The molecule has 0 amide bonds. The molecule has 1 aromatic carbocycles. The third kappa shape index (κ3) is 6.29. The number of methoxy groups -OCH3 is 1. The van der Waals surface area contributed by atoms with Gasteiger partial charge in [-0.2, -0.15) is 11.8 Å². The summed E-state index contributed by atoms with van der Waals surface area (Å²) in [5.41, 5.74) is 1.64. The number of hydrogen-bond acceptors (Lipinski definition) is 4. The van der Waals surface area contributed by atoms with Gasteiger partial charge in [-0.15, -0.1) is 0 Å². The maximum absolute atomic E-state index is 11.4. The lowest BCUT2D eigenvalue weighted by Gasteiger charge is -2.04. The summed E-state index contributed by atoms with van der Waals surface area (Å²) >= 11 is 1.74. The maximum Gasteiger partial charge on any atom is 0.337 e. The van der Waals surface area contributed by atoms with E-state index >= 15 is 0 Å². The third-order valence-electron chi connectivity index (χ3n) is 2.55. The second kappa shape index (κ2) is 8.58. The van der Waals surface area contributed by atoms with Gasteiger partial charge in [0, 0.05) is 12.2 Å². The lowest BCUT2D eigenvalue weighted by Crippen LogP contribution is -2.01. The van der Waals surface area contributed by atoms with E-state index in [0.717, 1.165) is 23.5 Å². The van der Waals surface area contributed by atoms with E-state index in [1.54, 1.807) is 17.8 Å². The summed E-state index contributed by atoms with van der Waals surface area (Å²) in [6.07, 6.45) is 1.84. The molecule has 0 aliphatic heterocycles. The topological polar surface area (TPSA) is 63.6 Å². The van der Waals surface area contributed by atoms with Gasteiger partial charge in [0.05, 0.1) is 12.7 Å². The molecule has 104 valence electrons. The van der Waals surface area contributed by atoms with Crippen LogP contribution < -0.4 is 0 Å². The van der Waals surface area contributed by atoms with Crippen molar-refractivity contribution in [2.75, 3.05) is 12.9 Å². The maximum atomic E-state index is 11.4. The van der Waals surface area contributed by atoms with Crippen molar-refractivity contribution in [3.63, 3.8) is 0 Å². The number of rotatable bonds is 8. The van der Waals surface area contributed by atoms with Crippen molar-refractivity contribution in [3.8, 4) is 0 Å². The molecule has 19 heavy (non-hydrogen) atoms. The highest BCUT2D eigenvalue weighted by Gasteiger charge is 2.05. The molecule has 0 aliphatic rings. The van der Waals surface area contributed by atoms with Crippen molar-refractivity contribution in [2.24, 2.45) is 0 Å². The second-order valence-corrected chi connectivity index (χ2v) is 5.20. The molecule has 0 spiro atoms. The van der Waals surface area contributed by atoms with E-state index in [4.69, 9.17) is 5.11 Å². The minimum absolute atomic E-state index is 0.235. The van der Waals surface area contributed by atoms with Crippen LogP contribution in [-0.2, 0) is 15.3 Å². The highest BCUT2D eigenvalue weighted by molar-refractivity contribution is 7.98. The first-order valence-electron chi connectivity index (χ1n) is 6.10. The van der Waals surface area contributed by atoms with Gasteiger partial charge >= 0.3 is 11.9 Å². The van der Waals surface area contributed by atoms with Gasteiger partial charge in [-0.05, 0) is 36.3 Å². The summed E-state index contributed by atoms with van der Waals surface area (Å²) in [5.74, 6) is 0.678. The molecule has 0 unspecified atom stereocenters. The minimum atomic E-state index is -0.740. The van der Waals surface area contributed by atoms with Crippen molar-refractivity contribution in [1.82, 2.24) is 0 Å². The number of esters is 1. The third-order valence-corrected chi connectivity index (χ3v) is 3.66. The Kier molecular flexibility index (Phi) is 7.03. The fourth-order valence-electron chi connectivity index (χ4n) is 1.58. The van der Waals surface area contributed by atoms with E-state index in [1.165, 1.54) is 7.11 Å². The van der Waals surface area contributed by atoms with Crippen LogP contribution in [0.2, 0.25) is 0 Å². The SMILES string of the molecule is COC(=O)c1cccc(CSCCCCC(=O)O)c1. The fourth-order valence-corrected chi connectivity index (χ4v) is 2.54. The molecule has 0 aromatic heterocycles. The minimum Gasteiger partial charge on any atom is -0.481 e. The smallest absolute Gasteiger partial charge is 0.337 e. The van der Waals surface area contributed by atoms with Crippen LogP contribution >= 0.6 is 11.8 Å². The Morgan fingerprint density at radius 2 is 2.11 bits per heavy atom. The van der Waals surface area contributed by atoms with Gasteiger partial charge < -0.3 is 9.84 Å². The molecule has 0 heterocycles. The number of carboxylic acid groups (broad SMARTS) is 1. The van der Waals surface area contributed by atoms with Crippen LogP contribution in [0.5, 0.6) is 0 Å². The van der Waals surface area contributed by atoms with Crippen LogP contribution in [0.4, 0.5) is 0 Å². The number of carboxylic acids is 1. The zero-order valence-corrected chi connectivity index (χ0v) is 11.7. The lowest BCUT2D eigenvalue weighted by molar-refractivity contribution is -0.137. The van der Waals surface area contributed by atoms with Crippen LogP contribution in [-0.4, -0.2) is 29.9 Å². The van der Waals surface area contributed by atoms with Gasteiger partial charge in [0.2, 0.25) is 0 Å². The van der Waals surface area contributed by atoms with E-state index < -0.39 is 5.97 Å². The first kappa shape index (κ1) is 15.6. The fraction of sp³-hybridized carbons (Fsp3) is 0.429. The van der Waals surface area contributed by atoms with Crippen molar-refractivity contribution in [3.05, 3.63) is 35.4 Å². The van der Waals surface area contributed by atoms with E-state index in [0.29, 0.717) is 12.0 Å². The number of thioether (sulfide) groups is 1.